The summed E-state index contributed by atoms with van der Waals surface area (Å²) in [6.45, 7) is 1.89. The van der Waals surface area contributed by atoms with E-state index in [0.29, 0.717) is 33.4 Å². The zero-order chi connectivity index (χ0) is 21.1. The van der Waals surface area contributed by atoms with Gasteiger partial charge in [-0.05, 0) is 42.0 Å². The van der Waals surface area contributed by atoms with Gasteiger partial charge in [0.15, 0.2) is 12.4 Å². The van der Waals surface area contributed by atoms with Crippen molar-refractivity contribution in [2.45, 2.75) is 13.5 Å². The second-order valence-electron chi connectivity index (χ2n) is 6.33. The summed E-state index contributed by atoms with van der Waals surface area (Å²) in [6, 6.07) is 13.9. The number of ether oxygens (including phenoxy) is 1. The molecule has 1 N–H and O–H groups in total. The minimum Gasteiger partial charge on any atom is -0.485 e. The van der Waals surface area contributed by atoms with Crippen molar-refractivity contribution in [3.8, 4) is 11.8 Å². The Hall–Kier alpha value is -3.96. The van der Waals surface area contributed by atoms with Crippen LogP contribution in [-0.4, -0.2) is 20.1 Å². The molecule has 0 bridgehead atoms. The Morgan fingerprint density at radius 3 is 2.77 bits per heavy atom. The van der Waals surface area contributed by atoms with Crippen molar-refractivity contribution in [1.82, 2.24) is 20.1 Å². The highest BCUT2D eigenvalue weighted by atomic mass is 35.5. The Morgan fingerprint density at radius 1 is 1.27 bits per heavy atom. The van der Waals surface area contributed by atoms with Gasteiger partial charge in [-0.25, -0.2) is 4.98 Å². The molecule has 8 nitrogen and oxygen atoms in total. The summed E-state index contributed by atoms with van der Waals surface area (Å²) in [6.07, 6.45) is 1.63. The van der Waals surface area contributed by atoms with Gasteiger partial charge in [-0.2, -0.15) is 10.2 Å². The van der Waals surface area contributed by atoms with Crippen molar-refractivity contribution in [2.75, 3.05) is 0 Å². The molecular weight excluding hydrogens is 406 g/mol. The summed E-state index contributed by atoms with van der Waals surface area (Å²) >= 11 is 5.99. The van der Waals surface area contributed by atoms with Crippen LogP contribution in [0.5, 0.6) is 5.75 Å². The average molecular weight is 420 g/mol. The van der Waals surface area contributed by atoms with Gasteiger partial charge in [0.1, 0.15) is 11.8 Å². The SMILES string of the molecule is Cc1nc(COc2ccc(/C=C(/C#N)c3nc4cc(Cl)ccc4c(=O)[nH]3)cc2)no1. The Labute approximate surface area is 175 Å². The fourth-order valence-electron chi connectivity index (χ4n) is 2.77. The zero-order valence-corrected chi connectivity index (χ0v) is 16.5. The second-order valence-corrected chi connectivity index (χ2v) is 6.77. The molecule has 0 saturated heterocycles. The maximum absolute atomic E-state index is 12.3. The maximum Gasteiger partial charge on any atom is 0.259 e. The predicted molar refractivity (Wildman–Crippen MR) is 111 cm³/mol. The number of nitriles is 1. The smallest absolute Gasteiger partial charge is 0.259 e. The van der Waals surface area contributed by atoms with Crippen LogP contribution in [0.2, 0.25) is 5.02 Å². The molecule has 9 heteroatoms. The summed E-state index contributed by atoms with van der Waals surface area (Å²) in [5.74, 6) is 1.71. The minimum atomic E-state index is -0.340. The normalized spacial score (nSPS) is 11.4. The van der Waals surface area contributed by atoms with Gasteiger partial charge in [0.2, 0.25) is 11.7 Å². The molecule has 0 fully saturated rings. The molecule has 0 aliphatic carbocycles. The highest BCUT2D eigenvalue weighted by molar-refractivity contribution is 6.31. The highest BCUT2D eigenvalue weighted by Gasteiger charge is 2.09. The van der Waals surface area contributed by atoms with Gasteiger partial charge in [0.25, 0.3) is 5.56 Å². The first kappa shape index (κ1) is 19.4. The van der Waals surface area contributed by atoms with Gasteiger partial charge >= 0.3 is 0 Å². The van der Waals surface area contributed by atoms with Crippen LogP contribution < -0.4 is 10.3 Å². The number of benzene rings is 2. The fraction of sp³-hybridized carbons (Fsp3) is 0.0952. The monoisotopic (exact) mass is 419 g/mol. The molecule has 4 rings (SSSR count). The van der Waals surface area contributed by atoms with E-state index in [1.165, 1.54) is 0 Å². The quantitative estimate of drug-likeness (QED) is 0.487. The Kier molecular flexibility index (Phi) is 5.28. The van der Waals surface area contributed by atoms with Crippen molar-refractivity contribution < 1.29 is 9.26 Å². The van der Waals surface area contributed by atoms with E-state index >= 15 is 0 Å². The third-order valence-corrected chi connectivity index (χ3v) is 4.41. The van der Waals surface area contributed by atoms with E-state index in [4.69, 9.17) is 20.9 Å². The van der Waals surface area contributed by atoms with Gasteiger partial charge in [-0.15, -0.1) is 0 Å². The molecule has 0 amide bonds. The summed E-state index contributed by atoms with van der Waals surface area (Å²) < 4.78 is 10.5. The molecule has 2 aromatic heterocycles. The lowest BCUT2D eigenvalue weighted by Gasteiger charge is -2.05. The van der Waals surface area contributed by atoms with Crippen molar-refractivity contribution in [3.05, 3.63) is 80.9 Å². The van der Waals surface area contributed by atoms with Crippen LogP contribution in [0.25, 0.3) is 22.6 Å². The standard InChI is InChI=1S/C21H14ClN5O3/c1-12-24-19(27-30-12)11-29-16-5-2-13(3-6-16)8-14(10-23)20-25-18-9-15(22)4-7-17(18)21(28)26-20/h2-9H,11H2,1H3,(H,25,26,28)/b14-8-. The molecule has 2 heterocycles. The molecule has 2 aromatic carbocycles. The molecule has 4 aromatic rings. The fourth-order valence-corrected chi connectivity index (χ4v) is 2.93. The van der Waals surface area contributed by atoms with Crippen molar-refractivity contribution in [3.63, 3.8) is 0 Å². The van der Waals surface area contributed by atoms with Crippen LogP contribution in [0.15, 0.2) is 51.8 Å². The number of allylic oxidation sites excluding steroid dienone is 1. The summed E-state index contributed by atoms with van der Waals surface area (Å²) in [4.78, 5) is 23.4. The van der Waals surface area contributed by atoms with E-state index in [-0.39, 0.29) is 23.6 Å². The van der Waals surface area contributed by atoms with Gasteiger partial charge in [-0.3, -0.25) is 4.79 Å². The van der Waals surface area contributed by atoms with Gasteiger partial charge < -0.3 is 14.2 Å². The number of fused-ring (bicyclic) bond motifs is 1. The molecule has 0 spiro atoms. The molecule has 0 aliphatic heterocycles. The van der Waals surface area contributed by atoms with E-state index < -0.39 is 0 Å². The first-order valence-corrected chi connectivity index (χ1v) is 9.23. The lowest BCUT2D eigenvalue weighted by Crippen LogP contribution is -2.11. The van der Waals surface area contributed by atoms with Crippen LogP contribution in [0.4, 0.5) is 0 Å². The maximum atomic E-state index is 12.3. The van der Waals surface area contributed by atoms with Gasteiger partial charge in [0, 0.05) is 11.9 Å². The van der Waals surface area contributed by atoms with Crippen molar-refractivity contribution in [1.29, 1.82) is 5.26 Å². The topological polar surface area (TPSA) is 118 Å². The minimum absolute atomic E-state index is 0.171. The predicted octanol–water partition coefficient (Wildman–Crippen LogP) is 3.91. The highest BCUT2D eigenvalue weighted by Crippen LogP contribution is 2.20. The van der Waals surface area contributed by atoms with Crippen molar-refractivity contribution in [2.24, 2.45) is 0 Å². The Morgan fingerprint density at radius 2 is 2.07 bits per heavy atom. The average Bonchev–Trinajstić information content (AvgIpc) is 3.16. The summed E-state index contributed by atoms with van der Waals surface area (Å²) in [5, 5.41) is 14.2. The Balaban J connectivity index is 1.57. The van der Waals surface area contributed by atoms with E-state index in [1.54, 1.807) is 55.5 Å². The largest absolute Gasteiger partial charge is 0.485 e. The first-order valence-electron chi connectivity index (χ1n) is 8.85. The van der Waals surface area contributed by atoms with E-state index in [0.717, 1.165) is 5.56 Å². The number of H-pyrrole nitrogens is 1. The van der Waals surface area contributed by atoms with Crippen LogP contribution in [0.3, 0.4) is 0 Å². The van der Waals surface area contributed by atoms with Crippen LogP contribution in [0, 0.1) is 18.3 Å². The third kappa shape index (κ3) is 4.21. The Bertz CT molecular complexity index is 1350. The number of hydrogen-bond acceptors (Lipinski definition) is 7. The lowest BCUT2D eigenvalue weighted by atomic mass is 10.1. The summed E-state index contributed by atoms with van der Waals surface area (Å²) in [5.41, 5.74) is 1.03. The van der Waals surface area contributed by atoms with Crippen LogP contribution in [-0.2, 0) is 6.61 Å². The molecule has 148 valence electrons. The van der Waals surface area contributed by atoms with Crippen LogP contribution >= 0.6 is 11.6 Å². The van der Waals surface area contributed by atoms with E-state index in [2.05, 4.69) is 26.2 Å². The molecule has 0 atom stereocenters. The number of nitrogens with one attached hydrogen (secondary N) is 1. The molecule has 0 aliphatic rings. The second kappa shape index (κ2) is 8.19. The first-order chi connectivity index (χ1) is 14.5. The number of hydrogen-bond donors (Lipinski definition) is 1. The lowest BCUT2D eigenvalue weighted by molar-refractivity contribution is 0.285. The van der Waals surface area contributed by atoms with Crippen LogP contribution in [0.1, 0.15) is 23.1 Å². The van der Waals surface area contributed by atoms with E-state index in [1.807, 2.05) is 0 Å². The van der Waals surface area contributed by atoms with E-state index in [9.17, 15) is 10.1 Å². The summed E-state index contributed by atoms with van der Waals surface area (Å²) in [7, 11) is 0. The third-order valence-electron chi connectivity index (χ3n) is 4.17. The zero-order valence-electron chi connectivity index (χ0n) is 15.7. The van der Waals surface area contributed by atoms with Crippen molar-refractivity contribution >= 4 is 34.2 Å². The number of rotatable bonds is 5. The van der Waals surface area contributed by atoms with Gasteiger partial charge in [0.05, 0.1) is 16.5 Å². The molecule has 0 radical (unpaired) electrons. The molecule has 0 unspecified atom stereocenters. The molecule has 30 heavy (non-hydrogen) atoms. The number of nitrogens with zero attached hydrogens (tertiary/aromatic N) is 4. The number of aromatic nitrogens is 4. The number of aryl methyl sites for hydroxylation is 1. The number of halogens is 1. The molecule has 0 saturated carbocycles. The molecular formula is C21H14ClN5O3. The van der Waals surface area contributed by atoms with Gasteiger partial charge in [-0.1, -0.05) is 28.9 Å². The number of aromatic amines is 1.